The summed E-state index contributed by atoms with van der Waals surface area (Å²) in [5.74, 6) is 0.191. The van der Waals surface area contributed by atoms with Crippen molar-refractivity contribution in [3.05, 3.63) is 29.8 Å². The monoisotopic (exact) mass is 432 g/mol. The summed E-state index contributed by atoms with van der Waals surface area (Å²) in [5, 5.41) is 3.02. The number of nitrogens with one attached hydrogen (secondary N) is 1. The summed E-state index contributed by atoms with van der Waals surface area (Å²) >= 11 is 0. The van der Waals surface area contributed by atoms with Crippen molar-refractivity contribution in [2.45, 2.75) is 57.4 Å². The molecule has 0 bridgehead atoms. The Hall–Kier alpha value is -2.12. The molecule has 0 aromatic heterocycles. The summed E-state index contributed by atoms with van der Waals surface area (Å²) < 4.78 is 16.3. The second-order valence-electron chi connectivity index (χ2n) is 8.59. The molecule has 31 heavy (non-hydrogen) atoms. The van der Waals surface area contributed by atoms with Crippen LogP contribution < -0.4 is 10.1 Å². The van der Waals surface area contributed by atoms with Crippen molar-refractivity contribution in [1.82, 2.24) is 10.2 Å². The highest BCUT2D eigenvalue weighted by Gasteiger charge is 2.38. The van der Waals surface area contributed by atoms with Crippen LogP contribution in [0.3, 0.4) is 0 Å². The van der Waals surface area contributed by atoms with E-state index in [0.717, 1.165) is 50.5 Å². The highest BCUT2D eigenvalue weighted by molar-refractivity contribution is 5.80. The lowest BCUT2D eigenvalue weighted by atomic mass is 9.79. The van der Waals surface area contributed by atoms with Gasteiger partial charge < -0.3 is 19.5 Å². The second-order valence-corrected chi connectivity index (χ2v) is 8.59. The smallest absolute Gasteiger partial charge is 0.306 e. The summed E-state index contributed by atoms with van der Waals surface area (Å²) in [6.45, 7) is 6.15. The van der Waals surface area contributed by atoms with Crippen molar-refractivity contribution in [2.24, 2.45) is 0 Å². The van der Waals surface area contributed by atoms with Gasteiger partial charge >= 0.3 is 5.97 Å². The summed E-state index contributed by atoms with van der Waals surface area (Å²) in [6, 6.07) is 7.80. The lowest BCUT2D eigenvalue weighted by molar-refractivity contribution is -0.149. The molecule has 3 rings (SSSR count). The van der Waals surface area contributed by atoms with Gasteiger partial charge in [0.2, 0.25) is 0 Å². The third-order valence-electron chi connectivity index (χ3n) is 6.23. The molecular weight excluding hydrogens is 396 g/mol. The maximum Gasteiger partial charge on any atom is 0.306 e. The molecule has 1 aromatic carbocycles. The molecule has 1 aliphatic heterocycles. The normalized spacial score (nSPS) is 18.9. The predicted molar refractivity (Wildman–Crippen MR) is 118 cm³/mol. The van der Waals surface area contributed by atoms with Gasteiger partial charge in [0.1, 0.15) is 5.75 Å². The van der Waals surface area contributed by atoms with Gasteiger partial charge in [-0.25, -0.2) is 0 Å². The number of ether oxygens (including phenoxy) is 3. The predicted octanol–water partition coefficient (Wildman–Crippen LogP) is 2.85. The average Bonchev–Trinajstić information content (AvgIpc) is 2.80. The summed E-state index contributed by atoms with van der Waals surface area (Å²) in [6.07, 6.45) is 6.60. The van der Waals surface area contributed by atoms with Crippen LogP contribution in [0.25, 0.3) is 0 Å². The molecule has 7 nitrogen and oxygen atoms in total. The molecule has 1 amide bonds. The van der Waals surface area contributed by atoms with Crippen LogP contribution in [0.5, 0.6) is 5.75 Å². The molecule has 1 N–H and O–H groups in total. The van der Waals surface area contributed by atoms with Crippen molar-refractivity contribution in [2.75, 3.05) is 46.1 Å². The topological polar surface area (TPSA) is 77.1 Å². The Labute approximate surface area is 185 Å². The van der Waals surface area contributed by atoms with E-state index in [1.54, 1.807) is 0 Å². The molecular formula is C24H36N2O5. The van der Waals surface area contributed by atoms with E-state index in [2.05, 4.69) is 10.2 Å². The molecule has 2 fully saturated rings. The quantitative estimate of drug-likeness (QED) is 0.453. The maximum atomic E-state index is 12.3. The number of hydrogen-bond acceptors (Lipinski definition) is 6. The number of aryl methyl sites for hydroxylation is 1. The van der Waals surface area contributed by atoms with Crippen molar-refractivity contribution in [3.8, 4) is 5.75 Å². The first-order chi connectivity index (χ1) is 15.1. The fraction of sp³-hybridized carbons (Fsp3) is 0.667. The highest BCUT2D eigenvalue weighted by Crippen LogP contribution is 2.33. The van der Waals surface area contributed by atoms with Crippen molar-refractivity contribution in [1.29, 1.82) is 0 Å². The molecule has 1 aliphatic carbocycles. The molecule has 0 atom stereocenters. The summed E-state index contributed by atoms with van der Waals surface area (Å²) in [4.78, 5) is 26.7. The van der Waals surface area contributed by atoms with Gasteiger partial charge in [0, 0.05) is 31.6 Å². The Kier molecular flexibility index (Phi) is 9.15. The third-order valence-corrected chi connectivity index (χ3v) is 6.23. The minimum Gasteiger partial charge on any atom is -0.494 e. The maximum absolute atomic E-state index is 12.3. The molecule has 2 aliphatic rings. The van der Waals surface area contributed by atoms with Crippen molar-refractivity contribution in [3.63, 3.8) is 0 Å². The molecule has 0 radical (unpaired) electrons. The van der Waals surface area contributed by atoms with Gasteiger partial charge in [0.15, 0.2) is 6.61 Å². The minimum absolute atomic E-state index is 0.00876. The third kappa shape index (κ3) is 7.51. The number of carbonyl (C=O) groups is 2. The molecule has 1 saturated carbocycles. The number of benzene rings is 1. The van der Waals surface area contributed by atoms with Gasteiger partial charge in [-0.2, -0.15) is 0 Å². The zero-order valence-corrected chi connectivity index (χ0v) is 18.7. The zero-order chi connectivity index (χ0) is 21.9. The number of carbonyl (C=O) groups excluding carboxylic acids is 2. The number of nitrogens with zero attached hydrogens (tertiary/aromatic N) is 1. The van der Waals surface area contributed by atoms with Crippen LogP contribution in [-0.2, 0) is 19.1 Å². The first kappa shape index (κ1) is 23.5. The number of morpholine rings is 1. The zero-order valence-electron chi connectivity index (χ0n) is 18.7. The first-order valence-corrected chi connectivity index (χ1v) is 11.5. The van der Waals surface area contributed by atoms with Gasteiger partial charge in [-0.15, -0.1) is 0 Å². The average molecular weight is 433 g/mol. The minimum atomic E-state index is -0.372. The first-order valence-electron chi connectivity index (χ1n) is 11.5. The van der Waals surface area contributed by atoms with E-state index in [-0.39, 0.29) is 30.4 Å². The van der Waals surface area contributed by atoms with Crippen molar-refractivity contribution < 1.29 is 23.8 Å². The largest absolute Gasteiger partial charge is 0.494 e. The van der Waals surface area contributed by atoms with Gasteiger partial charge in [-0.1, -0.05) is 31.4 Å². The Bertz CT molecular complexity index is 712. The molecule has 0 unspecified atom stereocenters. The highest BCUT2D eigenvalue weighted by atomic mass is 16.5. The van der Waals surface area contributed by atoms with Crippen LogP contribution in [0.4, 0.5) is 0 Å². The fourth-order valence-corrected chi connectivity index (χ4v) is 4.50. The number of rotatable bonds is 10. The van der Waals surface area contributed by atoms with Gasteiger partial charge in [-0.05, 0) is 43.9 Å². The van der Waals surface area contributed by atoms with Gasteiger partial charge in [0.25, 0.3) is 5.91 Å². The van der Waals surface area contributed by atoms with Crippen LogP contribution in [0.2, 0.25) is 0 Å². The summed E-state index contributed by atoms with van der Waals surface area (Å²) in [5.41, 5.74) is 1.14. The van der Waals surface area contributed by atoms with E-state index < -0.39 is 0 Å². The van der Waals surface area contributed by atoms with E-state index >= 15 is 0 Å². The standard InChI is InChI=1S/C24H36N2O5/c1-20-7-5-8-21(17-20)30-14-6-9-23(28)31-18-22(27)25-19-24(10-3-2-4-11-24)26-12-15-29-16-13-26/h5,7-8,17H,2-4,6,9-16,18-19H2,1H3,(H,25,27). The van der Waals surface area contributed by atoms with E-state index in [1.165, 1.54) is 19.3 Å². The van der Waals surface area contributed by atoms with Crippen LogP contribution in [0, 0.1) is 6.92 Å². The Morgan fingerprint density at radius 1 is 1.16 bits per heavy atom. The Balaban J connectivity index is 1.33. The van der Waals surface area contributed by atoms with Crippen LogP contribution in [-0.4, -0.2) is 68.4 Å². The summed E-state index contributed by atoms with van der Waals surface area (Å²) in [7, 11) is 0. The second kappa shape index (κ2) is 12.1. The van der Waals surface area contributed by atoms with E-state index in [0.29, 0.717) is 19.6 Å². The molecule has 0 spiro atoms. The van der Waals surface area contributed by atoms with Crippen LogP contribution in [0.15, 0.2) is 24.3 Å². The van der Waals surface area contributed by atoms with Gasteiger partial charge in [-0.3, -0.25) is 14.5 Å². The molecule has 1 heterocycles. The molecule has 7 heteroatoms. The number of hydrogen-bond donors (Lipinski definition) is 1. The molecule has 1 aromatic rings. The van der Waals surface area contributed by atoms with E-state index in [4.69, 9.17) is 14.2 Å². The lowest BCUT2D eigenvalue weighted by Crippen LogP contribution is -2.59. The molecule has 172 valence electrons. The number of esters is 1. The van der Waals surface area contributed by atoms with E-state index in [1.807, 2.05) is 31.2 Å². The van der Waals surface area contributed by atoms with Crippen LogP contribution in [0.1, 0.15) is 50.5 Å². The van der Waals surface area contributed by atoms with Gasteiger partial charge in [0.05, 0.1) is 19.8 Å². The van der Waals surface area contributed by atoms with Crippen LogP contribution >= 0.6 is 0 Å². The Morgan fingerprint density at radius 2 is 1.94 bits per heavy atom. The Morgan fingerprint density at radius 3 is 2.68 bits per heavy atom. The fourth-order valence-electron chi connectivity index (χ4n) is 4.50. The number of amides is 1. The van der Waals surface area contributed by atoms with E-state index in [9.17, 15) is 9.59 Å². The molecule has 1 saturated heterocycles. The SMILES string of the molecule is Cc1cccc(OCCCC(=O)OCC(=O)NCC2(N3CCOCC3)CCCCC2)c1. The lowest BCUT2D eigenvalue weighted by Gasteiger charge is -2.48. The van der Waals surface area contributed by atoms with Crippen molar-refractivity contribution >= 4 is 11.9 Å².